The Kier molecular flexibility index (Phi) is 2.99. The van der Waals surface area contributed by atoms with E-state index in [1.54, 1.807) is 0 Å². The van der Waals surface area contributed by atoms with Gasteiger partial charge in [-0.15, -0.1) is 11.3 Å². The summed E-state index contributed by atoms with van der Waals surface area (Å²) in [5.41, 5.74) is 1.15. The number of aromatic amines is 1. The molecule has 1 fully saturated rings. The standard InChI is InChI=1S/C13H17N3S/c1-2-9-5-6-12(17-9)11-8-15-13(16-11)10-4-3-7-14-10/h5-6,8,10,14H,2-4,7H2,1H3,(H,15,16). The first-order valence-corrected chi connectivity index (χ1v) is 7.06. The van der Waals surface area contributed by atoms with Crippen molar-refractivity contribution in [3.05, 3.63) is 29.0 Å². The zero-order valence-electron chi connectivity index (χ0n) is 9.99. The third-order valence-electron chi connectivity index (χ3n) is 3.26. The smallest absolute Gasteiger partial charge is 0.123 e. The molecule has 4 heteroatoms. The molecule has 3 heterocycles. The second kappa shape index (κ2) is 4.63. The predicted octanol–water partition coefficient (Wildman–Crippen LogP) is 3.13. The maximum atomic E-state index is 4.50. The molecule has 3 nitrogen and oxygen atoms in total. The van der Waals surface area contributed by atoms with Crippen molar-refractivity contribution < 1.29 is 0 Å². The van der Waals surface area contributed by atoms with Gasteiger partial charge in [-0.05, 0) is 37.9 Å². The quantitative estimate of drug-likeness (QED) is 0.875. The minimum Gasteiger partial charge on any atom is -0.340 e. The molecule has 0 spiro atoms. The number of nitrogens with one attached hydrogen (secondary N) is 2. The highest BCUT2D eigenvalue weighted by Gasteiger charge is 2.19. The zero-order valence-corrected chi connectivity index (χ0v) is 10.8. The molecule has 0 aliphatic carbocycles. The highest BCUT2D eigenvalue weighted by Crippen LogP contribution is 2.29. The van der Waals surface area contributed by atoms with Crippen molar-refractivity contribution >= 4 is 11.3 Å². The van der Waals surface area contributed by atoms with Gasteiger partial charge < -0.3 is 10.3 Å². The van der Waals surface area contributed by atoms with Gasteiger partial charge in [0, 0.05) is 4.88 Å². The third-order valence-corrected chi connectivity index (χ3v) is 4.52. The monoisotopic (exact) mass is 247 g/mol. The maximum absolute atomic E-state index is 4.50. The fourth-order valence-corrected chi connectivity index (χ4v) is 3.18. The first-order chi connectivity index (χ1) is 8.36. The van der Waals surface area contributed by atoms with Crippen LogP contribution in [0.15, 0.2) is 18.3 Å². The number of hydrogen-bond donors (Lipinski definition) is 2. The van der Waals surface area contributed by atoms with Crippen molar-refractivity contribution in [3.63, 3.8) is 0 Å². The summed E-state index contributed by atoms with van der Waals surface area (Å²) >= 11 is 1.85. The summed E-state index contributed by atoms with van der Waals surface area (Å²) in [7, 11) is 0. The van der Waals surface area contributed by atoms with Crippen LogP contribution in [0.2, 0.25) is 0 Å². The molecule has 1 saturated heterocycles. The van der Waals surface area contributed by atoms with E-state index in [1.807, 2.05) is 17.5 Å². The van der Waals surface area contributed by atoms with E-state index < -0.39 is 0 Å². The Morgan fingerprint density at radius 3 is 3.12 bits per heavy atom. The van der Waals surface area contributed by atoms with Gasteiger partial charge in [-0.2, -0.15) is 0 Å². The number of nitrogens with zero attached hydrogens (tertiary/aromatic N) is 1. The SMILES string of the molecule is CCc1ccc(-c2cnc(C3CCCN3)[nH]2)s1. The first-order valence-electron chi connectivity index (χ1n) is 6.24. The molecule has 1 atom stereocenters. The molecule has 0 radical (unpaired) electrons. The van der Waals surface area contributed by atoms with Crippen LogP contribution in [-0.2, 0) is 6.42 Å². The van der Waals surface area contributed by atoms with Gasteiger partial charge in [0.2, 0.25) is 0 Å². The van der Waals surface area contributed by atoms with Gasteiger partial charge in [0.25, 0.3) is 0 Å². The van der Waals surface area contributed by atoms with Crippen LogP contribution in [0, 0.1) is 0 Å². The molecule has 90 valence electrons. The highest BCUT2D eigenvalue weighted by atomic mass is 32.1. The predicted molar refractivity (Wildman–Crippen MR) is 71.3 cm³/mol. The van der Waals surface area contributed by atoms with Gasteiger partial charge in [-0.25, -0.2) is 4.98 Å². The average Bonchev–Trinajstić information content (AvgIpc) is 3.09. The van der Waals surface area contributed by atoms with Gasteiger partial charge in [-0.1, -0.05) is 6.92 Å². The lowest BCUT2D eigenvalue weighted by atomic mass is 10.2. The lowest BCUT2D eigenvalue weighted by molar-refractivity contribution is 0.613. The maximum Gasteiger partial charge on any atom is 0.123 e. The number of imidazole rings is 1. The molecular weight excluding hydrogens is 230 g/mol. The molecule has 1 aliphatic rings. The second-order valence-corrected chi connectivity index (χ2v) is 5.62. The Morgan fingerprint density at radius 1 is 1.47 bits per heavy atom. The van der Waals surface area contributed by atoms with E-state index in [0.717, 1.165) is 24.5 Å². The average molecular weight is 247 g/mol. The summed E-state index contributed by atoms with van der Waals surface area (Å²) in [6, 6.07) is 4.81. The van der Waals surface area contributed by atoms with E-state index in [0.29, 0.717) is 6.04 Å². The van der Waals surface area contributed by atoms with Gasteiger partial charge in [-0.3, -0.25) is 0 Å². The Hall–Kier alpha value is -1.13. The van der Waals surface area contributed by atoms with Crippen LogP contribution in [0.3, 0.4) is 0 Å². The lowest BCUT2D eigenvalue weighted by Gasteiger charge is -2.04. The Morgan fingerprint density at radius 2 is 2.41 bits per heavy atom. The van der Waals surface area contributed by atoms with Crippen LogP contribution in [0.1, 0.15) is 36.5 Å². The van der Waals surface area contributed by atoms with Crippen LogP contribution in [0.4, 0.5) is 0 Å². The fraction of sp³-hybridized carbons (Fsp3) is 0.462. The number of H-pyrrole nitrogens is 1. The van der Waals surface area contributed by atoms with Crippen LogP contribution in [0.25, 0.3) is 10.6 Å². The van der Waals surface area contributed by atoms with Gasteiger partial charge in [0.15, 0.2) is 0 Å². The van der Waals surface area contributed by atoms with Gasteiger partial charge in [0.1, 0.15) is 5.82 Å². The van der Waals surface area contributed by atoms with Crippen LogP contribution >= 0.6 is 11.3 Å². The van der Waals surface area contributed by atoms with E-state index >= 15 is 0 Å². The fourth-order valence-electron chi connectivity index (χ4n) is 2.27. The third kappa shape index (κ3) is 2.15. The normalized spacial score (nSPS) is 19.9. The second-order valence-electron chi connectivity index (χ2n) is 4.45. The highest BCUT2D eigenvalue weighted by molar-refractivity contribution is 7.15. The molecule has 0 aromatic carbocycles. The minimum atomic E-state index is 0.425. The van der Waals surface area contributed by atoms with E-state index in [2.05, 4.69) is 34.3 Å². The van der Waals surface area contributed by atoms with Crippen molar-refractivity contribution in [1.82, 2.24) is 15.3 Å². The summed E-state index contributed by atoms with van der Waals surface area (Å²) in [6.07, 6.45) is 5.51. The van der Waals surface area contributed by atoms with Crippen molar-refractivity contribution in [1.29, 1.82) is 0 Å². The molecule has 1 unspecified atom stereocenters. The van der Waals surface area contributed by atoms with E-state index in [-0.39, 0.29) is 0 Å². The molecule has 0 amide bonds. The molecule has 2 N–H and O–H groups in total. The topological polar surface area (TPSA) is 40.7 Å². The van der Waals surface area contributed by atoms with Crippen molar-refractivity contribution in [2.75, 3.05) is 6.54 Å². The van der Waals surface area contributed by atoms with E-state index in [1.165, 1.54) is 22.6 Å². The molecule has 17 heavy (non-hydrogen) atoms. The van der Waals surface area contributed by atoms with E-state index in [4.69, 9.17) is 0 Å². The number of aryl methyl sites for hydroxylation is 1. The molecule has 2 aromatic heterocycles. The van der Waals surface area contributed by atoms with Crippen molar-refractivity contribution in [2.45, 2.75) is 32.2 Å². The zero-order chi connectivity index (χ0) is 11.7. The Labute approximate surface area is 105 Å². The largest absolute Gasteiger partial charge is 0.340 e. The number of hydrogen-bond acceptors (Lipinski definition) is 3. The first kappa shape index (κ1) is 11.0. The summed E-state index contributed by atoms with van der Waals surface area (Å²) in [5, 5.41) is 3.46. The molecule has 3 rings (SSSR count). The Bertz CT molecular complexity index is 494. The molecule has 0 saturated carbocycles. The minimum absolute atomic E-state index is 0.425. The van der Waals surface area contributed by atoms with Crippen molar-refractivity contribution in [3.8, 4) is 10.6 Å². The lowest BCUT2D eigenvalue weighted by Crippen LogP contribution is -2.14. The summed E-state index contributed by atoms with van der Waals surface area (Å²) in [6.45, 7) is 3.30. The van der Waals surface area contributed by atoms with Crippen LogP contribution in [0.5, 0.6) is 0 Å². The molecule has 2 aromatic rings. The Balaban J connectivity index is 1.83. The number of rotatable bonds is 3. The molecule has 0 bridgehead atoms. The van der Waals surface area contributed by atoms with Crippen molar-refractivity contribution in [2.24, 2.45) is 0 Å². The number of thiophene rings is 1. The van der Waals surface area contributed by atoms with Gasteiger partial charge in [0.05, 0.1) is 22.8 Å². The molecular formula is C13H17N3S. The van der Waals surface area contributed by atoms with Crippen LogP contribution < -0.4 is 5.32 Å². The van der Waals surface area contributed by atoms with E-state index in [9.17, 15) is 0 Å². The summed E-state index contributed by atoms with van der Waals surface area (Å²) < 4.78 is 0. The summed E-state index contributed by atoms with van der Waals surface area (Å²) in [5.74, 6) is 1.09. The van der Waals surface area contributed by atoms with Crippen LogP contribution in [-0.4, -0.2) is 16.5 Å². The van der Waals surface area contributed by atoms with Gasteiger partial charge >= 0.3 is 0 Å². The summed E-state index contributed by atoms with van der Waals surface area (Å²) in [4.78, 5) is 10.7. The molecule has 1 aliphatic heterocycles. The number of aromatic nitrogens is 2.